The van der Waals surface area contributed by atoms with Gasteiger partial charge in [-0.1, -0.05) is 6.07 Å². The normalized spacial score (nSPS) is 20.3. The van der Waals surface area contributed by atoms with Crippen LogP contribution in [0.2, 0.25) is 0 Å². The quantitative estimate of drug-likeness (QED) is 0.660. The number of pyridine rings is 1. The molecule has 31 heavy (non-hydrogen) atoms. The van der Waals surface area contributed by atoms with Gasteiger partial charge in [-0.2, -0.15) is 0 Å². The topological polar surface area (TPSA) is 70.9 Å². The fraction of sp³-hybridized carbons (Fsp3) is 0.391. The Hall–Kier alpha value is -3.13. The molecule has 0 spiro atoms. The Morgan fingerprint density at radius 2 is 2.03 bits per heavy atom. The number of nitrogens with zero attached hydrogens (tertiary/aromatic N) is 3. The number of rotatable bonds is 5. The minimum Gasteiger partial charge on any atom is -0.496 e. The van der Waals surface area contributed by atoms with E-state index in [1.807, 2.05) is 19.2 Å². The maximum atomic E-state index is 14.8. The van der Waals surface area contributed by atoms with E-state index in [1.54, 1.807) is 28.8 Å². The molecule has 2 fully saturated rings. The van der Waals surface area contributed by atoms with Crippen LogP contribution < -0.4 is 20.3 Å². The van der Waals surface area contributed by atoms with E-state index in [9.17, 15) is 9.18 Å². The van der Waals surface area contributed by atoms with Crippen molar-refractivity contribution < 1.29 is 13.9 Å². The van der Waals surface area contributed by atoms with Crippen molar-refractivity contribution in [3.8, 4) is 5.75 Å². The lowest BCUT2D eigenvalue weighted by Gasteiger charge is -2.20. The van der Waals surface area contributed by atoms with Gasteiger partial charge in [0.2, 0.25) is 0 Å². The molecule has 2 saturated heterocycles. The Kier molecular flexibility index (Phi) is 5.02. The first kappa shape index (κ1) is 19.8. The van der Waals surface area contributed by atoms with E-state index in [1.165, 1.54) is 7.11 Å². The zero-order chi connectivity index (χ0) is 21.5. The summed E-state index contributed by atoms with van der Waals surface area (Å²) in [7, 11) is 1.51. The molecule has 2 aliphatic rings. The van der Waals surface area contributed by atoms with Gasteiger partial charge in [0.1, 0.15) is 17.2 Å². The van der Waals surface area contributed by atoms with Crippen LogP contribution in [0.3, 0.4) is 0 Å². The number of aromatic nitrogens is 2. The summed E-state index contributed by atoms with van der Waals surface area (Å²) in [5.41, 5.74) is 3.29. The summed E-state index contributed by atoms with van der Waals surface area (Å²) in [6.07, 6.45) is 3.52. The Balaban J connectivity index is 1.28. The third-order valence-corrected chi connectivity index (χ3v) is 6.37. The number of anilines is 1. The molecule has 3 aromatic rings. The first-order valence-electron chi connectivity index (χ1n) is 10.6. The number of nitrogens with one attached hydrogen (secondary N) is 2. The van der Waals surface area contributed by atoms with E-state index < -0.39 is 0 Å². The van der Waals surface area contributed by atoms with Crippen LogP contribution in [-0.2, 0) is 6.54 Å². The van der Waals surface area contributed by atoms with Gasteiger partial charge in [-0.15, -0.1) is 0 Å². The van der Waals surface area contributed by atoms with Crippen molar-refractivity contribution in [2.24, 2.45) is 11.8 Å². The molecule has 1 aromatic carbocycles. The van der Waals surface area contributed by atoms with Gasteiger partial charge < -0.3 is 24.7 Å². The van der Waals surface area contributed by atoms with Gasteiger partial charge in [-0.25, -0.2) is 9.37 Å². The van der Waals surface area contributed by atoms with E-state index in [2.05, 4.69) is 20.5 Å². The van der Waals surface area contributed by atoms with Gasteiger partial charge in [-0.05, 0) is 30.9 Å². The van der Waals surface area contributed by atoms with Crippen molar-refractivity contribution in [3.63, 3.8) is 0 Å². The largest absolute Gasteiger partial charge is 0.496 e. The third-order valence-electron chi connectivity index (χ3n) is 6.37. The highest BCUT2D eigenvalue weighted by Crippen LogP contribution is 2.31. The second kappa shape index (κ2) is 7.85. The van der Waals surface area contributed by atoms with E-state index in [0.29, 0.717) is 34.4 Å². The number of carbonyl (C=O) groups excluding carboxylic acids is 1. The highest BCUT2D eigenvalue weighted by Gasteiger charge is 2.36. The number of carbonyl (C=O) groups is 1. The van der Waals surface area contributed by atoms with Crippen LogP contribution in [0.4, 0.5) is 10.1 Å². The Bertz CT molecular complexity index is 1130. The van der Waals surface area contributed by atoms with Crippen molar-refractivity contribution in [3.05, 3.63) is 59.3 Å². The number of hydrogen-bond donors (Lipinski definition) is 2. The summed E-state index contributed by atoms with van der Waals surface area (Å²) in [6.45, 7) is 6.00. The van der Waals surface area contributed by atoms with Crippen molar-refractivity contribution in [1.82, 2.24) is 20.0 Å². The first-order valence-corrected chi connectivity index (χ1v) is 10.6. The zero-order valence-corrected chi connectivity index (χ0v) is 17.7. The Labute approximate surface area is 180 Å². The van der Waals surface area contributed by atoms with Crippen molar-refractivity contribution >= 4 is 17.2 Å². The van der Waals surface area contributed by atoms with Gasteiger partial charge in [0.25, 0.3) is 5.91 Å². The number of ether oxygens (including phenoxy) is 1. The summed E-state index contributed by atoms with van der Waals surface area (Å²) in [4.78, 5) is 19.4. The van der Waals surface area contributed by atoms with Crippen LogP contribution in [0.15, 0.2) is 36.7 Å². The van der Waals surface area contributed by atoms with Crippen LogP contribution in [0.5, 0.6) is 5.75 Å². The Morgan fingerprint density at radius 3 is 2.74 bits per heavy atom. The molecule has 4 heterocycles. The highest BCUT2D eigenvalue weighted by molar-refractivity contribution is 5.97. The second-order valence-electron chi connectivity index (χ2n) is 8.45. The maximum Gasteiger partial charge on any atom is 0.256 e. The number of imidazole rings is 1. The summed E-state index contributed by atoms with van der Waals surface area (Å²) < 4.78 is 21.9. The predicted molar refractivity (Wildman–Crippen MR) is 116 cm³/mol. The van der Waals surface area contributed by atoms with Crippen LogP contribution in [0.25, 0.3) is 5.65 Å². The summed E-state index contributed by atoms with van der Waals surface area (Å²) in [6, 6.07) is 7.01. The van der Waals surface area contributed by atoms with Gasteiger partial charge in [-0.3, -0.25) is 4.79 Å². The minimum absolute atomic E-state index is 0.101. The number of fused-ring (bicyclic) bond motifs is 2. The molecule has 0 saturated carbocycles. The number of hydrogen-bond acceptors (Lipinski definition) is 5. The van der Waals surface area contributed by atoms with E-state index in [0.717, 1.165) is 37.6 Å². The average molecular weight is 423 g/mol. The molecule has 2 atom stereocenters. The van der Waals surface area contributed by atoms with Crippen LogP contribution in [0, 0.1) is 24.6 Å². The van der Waals surface area contributed by atoms with Crippen LogP contribution in [0.1, 0.15) is 21.6 Å². The number of halogens is 1. The molecule has 2 N–H and O–H groups in total. The molecule has 0 unspecified atom stereocenters. The minimum atomic E-state index is -0.326. The lowest BCUT2D eigenvalue weighted by molar-refractivity contribution is 0.0947. The molecule has 2 aromatic heterocycles. The predicted octanol–water partition coefficient (Wildman–Crippen LogP) is 2.38. The SMILES string of the molecule is COc1cc2nc(C)cn2cc1C(=O)NCc1ccc(N2C[C@H]3CNC[C@H]3C2)cc1F. The second-order valence-corrected chi connectivity index (χ2v) is 8.45. The number of benzene rings is 1. The molecule has 0 aliphatic carbocycles. The summed E-state index contributed by atoms with van der Waals surface area (Å²) >= 11 is 0. The zero-order valence-electron chi connectivity index (χ0n) is 17.7. The van der Waals surface area contributed by atoms with Gasteiger partial charge in [0.05, 0.1) is 18.4 Å². The van der Waals surface area contributed by atoms with Gasteiger partial charge >= 0.3 is 0 Å². The molecular formula is C23H26FN5O2. The lowest BCUT2D eigenvalue weighted by atomic mass is 10.0. The number of methoxy groups -OCH3 is 1. The fourth-order valence-electron chi connectivity index (χ4n) is 4.70. The van der Waals surface area contributed by atoms with E-state index >= 15 is 0 Å². The first-order chi connectivity index (χ1) is 15.0. The Morgan fingerprint density at radius 1 is 1.26 bits per heavy atom. The van der Waals surface area contributed by atoms with Crippen LogP contribution >= 0.6 is 0 Å². The lowest BCUT2D eigenvalue weighted by Crippen LogP contribution is -2.26. The van der Waals surface area contributed by atoms with E-state index in [-0.39, 0.29) is 18.3 Å². The maximum absolute atomic E-state index is 14.8. The highest BCUT2D eigenvalue weighted by atomic mass is 19.1. The molecule has 1 amide bonds. The summed E-state index contributed by atoms with van der Waals surface area (Å²) in [5.74, 6) is 1.09. The molecule has 0 bridgehead atoms. The number of aryl methyl sites for hydroxylation is 1. The molecule has 8 heteroatoms. The average Bonchev–Trinajstić information content (AvgIpc) is 3.45. The van der Waals surface area contributed by atoms with Crippen molar-refractivity contribution in [2.45, 2.75) is 13.5 Å². The van der Waals surface area contributed by atoms with E-state index in [4.69, 9.17) is 4.74 Å². The molecule has 162 valence electrons. The fourth-order valence-corrected chi connectivity index (χ4v) is 4.70. The standard InChI is InChI=1S/C23H26FN5O2/c1-14-10-29-13-19(21(31-2)6-22(29)27-14)23(30)26-9-15-3-4-18(5-20(15)24)28-11-16-7-25-8-17(16)12-28/h3-6,10,13,16-17,25H,7-9,11-12H2,1-2H3,(H,26,30)/t16-,17+. The monoisotopic (exact) mass is 423 g/mol. The molecule has 5 rings (SSSR count). The van der Waals surface area contributed by atoms with Crippen molar-refractivity contribution in [2.75, 3.05) is 38.2 Å². The molecule has 7 nitrogen and oxygen atoms in total. The smallest absolute Gasteiger partial charge is 0.256 e. The number of amides is 1. The third kappa shape index (κ3) is 3.72. The van der Waals surface area contributed by atoms with Gasteiger partial charge in [0.15, 0.2) is 0 Å². The molecule has 0 radical (unpaired) electrons. The van der Waals surface area contributed by atoms with Crippen molar-refractivity contribution in [1.29, 1.82) is 0 Å². The van der Waals surface area contributed by atoms with Gasteiger partial charge in [0, 0.05) is 62.4 Å². The molecular weight excluding hydrogens is 397 g/mol. The summed E-state index contributed by atoms with van der Waals surface area (Å²) in [5, 5.41) is 6.23. The molecule has 2 aliphatic heterocycles. The van der Waals surface area contributed by atoms with Crippen LogP contribution in [-0.4, -0.2) is 48.6 Å².